The van der Waals surface area contributed by atoms with Crippen molar-refractivity contribution in [3.63, 3.8) is 0 Å². The number of halogens is 1. The maximum atomic E-state index is 9.99. The molecule has 3 nitrogen and oxygen atoms in total. The molecule has 3 heterocycles. The number of hydrogen-bond donors (Lipinski definition) is 1. The molecule has 1 atom stereocenters. The quantitative estimate of drug-likeness (QED) is 0.925. The van der Waals surface area contributed by atoms with E-state index in [1.165, 1.54) is 4.88 Å². The van der Waals surface area contributed by atoms with E-state index in [9.17, 15) is 5.11 Å². The molecule has 3 rings (SSSR count). The number of imidazole rings is 1. The van der Waals surface area contributed by atoms with E-state index in [1.54, 1.807) is 11.3 Å². The number of aromatic nitrogens is 2. The fourth-order valence-electron chi connectivity index (χ4n) is 2.33. The van der Waals surface area contributed by atoms with Crippen molar-refractivity contribution in [1.82, 2.24) is 9.55 Å². The molecule has 2 aromatic rings. The van der Waals surface area contributed by atoms with Crippen molar-refractivity contribution in [2.24, 2.45) is 0 Å². The zero-order chi connectivity index (χ0) is 11.8. The topological polar surface area (TPSA) is 38.0 Å². The Hall–Kier alpha value is -0.650. The normalized spacial score (nSPS) is 19.3. The maximum absolute atomic E-state index is 9.99. The number of aliphatic hydroxyl groups is 1. The van der Waals surface area contributed by atoms with Crippen molar-refractivity contribution in [3.05, 3.63) is 38.5 Å². The molecule has 0 radical (unpaired) electrons. The lowest BCUT2D eigenvalue weighted by atomic mass is 10.1. The number of nitrogens with zero attached hydrogens (tertiary/aromatic N) is 2. The molecule has 0 aromatic carbocycles. The average Bonchev–Trinajstić information content (AvgIpc) is 2.90. The van der Waals surface area contributed by atoms with Crippen LogP contribution in [-0.4, -0.2) is 14.7 Å². The fourth-order valence-corrected chi connectivity index (χ4v) is 3.72. The second-order valence-electron chi connectivity index (χ2n) is 4.27. The standard InChI is InChI=1S/C12H13BrN2OS/c13-12-11-9(16)4-1-5-15(11)10(14-12)7-8-3-2-6-17-8/h2-3,6,9,16H,1,4-5,7H2. The molecule has 0 spiro atoms. The average molecular weight is 313 g/mol. The fraction of sp³-hybridized carbons (Fsp3) is 0.417. The van der Waals surface area contributed by atoms with Crippen LogP contribution in [0.4, 0.5) is 0 Å². The van der Waals surface area contributed by atoms with Crippen LogP contribution in [0.3, 0.4) is 0 Å². The summed E-state index contributed by atoms with van der Waals surface area (Å²) in [6.07, 6.45) is 2.34. The number of fused-ring (bicyclic) bond motifs is 1. The van der Waals surface area contributed by atoms with E-state index in [1.807, 2.05) is 0 Å². The third-order valence-electron chi connectivity index (χ3n) is 3.13. The zero-order valence-electron chi connectivity index (χ0n) is 9.27. The number of hydrogen-bond acceptors (Lipinski definition) is 3. The van der Waals surface area contributed by atoms with Crippen LogP contribution in [0.15, 0.2) is 22.1 Å². The van der Waals surface area contributed by atoms with Gasteiger partial charge in [0.2, 0.25) is 0 Å². The highest BCUT2D eigenvalue weighted by molar-refractivity contribution is 9.10. The lowest BCUT2D eigenvalue weighted by Gasteiger charge is -2.21. The van der Waals surface area contributed by atoms with Crippen molar-refractivity contribution in [1.29, 1.82) is 0 Å². The molecular formula is C12H13BrN2OS. The molecule has 0 aliphatic carbocycles. The highest BCUT2D eigenvalue weighted by Gasteiger charge is 2.25. The van der Waals surface area contributed by atoms with Gasteiger partial charge in [0.05, 0.1) is 11.8 Å². The Bertz CT molecular complexity index is 521. The van der Waals surface area contributed by atoms with Gasteiger partial charge in [0.1, 0.15) is 10.4 Å². The summed E-state index contributed by atoms with van der Waals surface area (Å²) in [5, 5.41) is 12.1. The van der Waals surface area contributed by atoms with Crippen molar-refractivity contribution in [2.45, 2.75) is 31.9 Å². The third-order valence-corrected chi connectivity index (χ3v) is 4.59. The minimum absolute atomic E-state index is 0.372. The summed E-state index contributed by atoms with van der Waals surface area (Å²) in [6, 6.07) is 4.18. The van der Waals surface area contributed by atoms with Gasteiger partial charge in [0, 0.05) is 17.8 Å². The number of rotatable bonds is 2. The Balaban J connectivity index is 1.98. The highest BCUT2D eigenvalue weighted by atomic mass is 79.9. The third kappa shape index (κ3) is 2.07. The molecule has 2 aromatic heterocycles. The smallest absolute Gasteiger partial charge is 0.130 e. The second kappa shape index (κ2) is 4.55. The van der Waals surface area contributed by atoms with Crippen LogP contribution in [0.2, 0.25) is 0 Å². The SMILES string of the molecule is OC1CCCn2c(Cc3cccs3)nc(Br)c21. The Morgan fingerprint density at radius 2 is 2.47 bits per heavy atom. The Kier molecular flexibility index (Phi) is 3.06. The van der Waals surface area contributed by atoms with Crippen LogP contribution < -0.4 is 0 Å². The Labute approximate surface area is 112 Å². The molecule has 0 amide bonds. The minimum atomic E-state index is -0.372. The van der Waals surface area contributed by atoms with Gasteiger partial charge in [-0.05, 0) is 40.2 Å². The first-order chi connectivity index (χ1) is 8.25. The van der Waals surface area contributed by atoms with E-state index in [4.69, 9.17) is 0 Å². The molecule has 17 heavy (non-hydrogen) atoms. The van der Waals surface area contributed by atoms with E-state index in [0.717, 1.165) is 41.9 Å². The Morgan fingerprint density at radius 3 is 3.24 bits per heavy atom. The zero-order valence-corrected chi connectivity index (χ0v) is 11.7. The molecule has 0 fully saturated rings. The van der Waals surface area contributed by atoms with Crippen molar-refractivity contribution in [2.75, 3.05) is 0 Å². The summed E-state index contributed by atoms with van der Waals surface area (Å²) in [6.45, 7) is 0.964. The van der Waals surface area contributed by atoms with Crippen LogP contribution >= 0.6 is 27.3 Å². The molecule has 1 N–H and O–H groups in total. The molecule has 0 saturated heterocycles. The summed E-state index contributed by atoms with van der Waals surface area (Å²) < 4.78 is 2.97. The van der Waals surface area contributed by atoms with Crippen molar-refractivity contribution in [3.8, 4) is 0 Å². The van der Waals surface area contributed by atoms with Crippen molar-refractivity contribution < 1.29 is 5.11 Å². The van der Waals surface area contributed by atoms with Gasteiger partial charge in [0.15, 0.2) is 0 Å². The van der Waals surface area contributed by atoms with E-state index < -0.39 is 0 Å². The van der Waals surface area contributed by atoms with E-state index in [-0.39, 0.29) is 6.10 Å². The van der Waals surface area contributed by atoms with Gasteiger partial charge in [-0.1, -0.05) is 6.07 Å². The first-order valence-electron chi connectivity index (χ1n) is 5.71. The van der Waals surface area contributed by atoms with E-state index >= 15 is 0 Å². The second-order valence-corrected chi connectivity index (χ2v) is 6.05. The highest BCUT2D eigenvalue weighted by Crippen LogP contribution is 2.32. The molecule has 1 aliphatic rings. The molecule has 90 valence electrons. The van der Waals surface area contributed by atoms with Crippen LogP contribution in [-0.2, 0) is 13.0 Å². The molecule has 0 saturated carbocycles. The predicted octanol–water partition coefficient (Wildman–Crippen LogP) is 3.13. The summed E-state index contributed by atoms with van der Waals surface area (Å²) in [4.78, 5) is 5.85. The van der Waals surface area contributed by atoms with Crippen molar-refractivity contribution >= 4 is 27.3 Å². The van der Waals surface area contributed by atoms with Crippen LogP contribution in [0, 0.1) is 0 Å². The monoisotopic (exact) mass is 312 g/mol. The van der Waals surface area contributed by atoms with Gasteiger partial charge in [-0.25, -0.2) is 4.98 Å². The van der Waals surface area contributed by atoms with E-state index in [2.05, 4.69) is 43.0 Å². The summed E-state index contributed by atoms with van der Waals surface area (Å²) in [7, 11) is 0. The van der Waals surface area contributed by atoms with Crippen LogP contribution in [0.5, 0.6) is 0 Å². The summed E-state index contributed by atoms with van der Waals surface area (Å²) in [5.74, 6) is 1.05. The number of thiophene rings is 1. The van der Waals surface area contributed by atoms with Gasteiger partial charge >= 0.3 is 0 Å². The first-order valence-corrected chi connectivity index (χ1v) is 7.38. The molecule has 5 heteroatoms. The van der Waals surface area contributed by atoms with Gasteiger partial charge in [-0.3, -0.25) is 0 Å². The van der Waals surface area contributed by atoms with Gasteiger partial charge < -0.3 is 9.67 Å². The Morgan fingerprint density at radius 1 is 1.59 bits per heavy atom. The van der Waals surface area contributed by atoms with E-state index in [0.29, 0.717) is 0 Å². The van der Waals surface area contributed by atoms with Crippen LogP contribution in [0.25, 0.3) is 0 Å². The molecule has 1 unspecified atom stereocenters. The largest absolute Gasteiger partial charge is 0.387 e. The molecule has 1 aliphatic heterocycles. The maximum Gasteiger partial charge on any atom is 0.130 e. The predicted molar refractivity (Wildman–Crippen MR) is 71.2 cm³/mol. The number of aliphatic hydroxyl groups excluding tert-OH is 1. The van der Waals surface area contributed by atoms with Gasteiger partial charge in [-0.2, -0.15) is 0 Å². The summed E-state index contributed by atoms with van der Waals surface area (Å²) >= 11 is 5.21. The lowest BCUT2D eigenvalue weighted by molar-refractivity contribution is 0.137. The summed E-state index contributed by atoms with van der Waals surface area (Å²) in [5.41, 5.74) is 0.947. The minimum Gasteiger partial charge on any atom is -0.387 e. The molecule has 0 bridgehead atoms. The van der Waals surface area contributed by atoms with Gasteiger partial charge in [-0.15, -0.1) is 11.3 Å². The first kappa shape index (κ1) is 11.4. The molecular weight excluding hydrogens is 300 g/mol. The van der Waals surface area contributed by atoms with Gasteiger partial charge in [0.25, 0.3) is 0 Å². The lowest BCUT2D eigenvalue weighted by Crippen LogP contribution is -2.17. The van der Waals surface area contributed by atoms with Crippen LogP contribution in [0.1, 0.15) is 35.3 Å².